The lowest BCUT2D eigenvalue weighted by molar-refractivity contribution is -0.140. The standard InChI is InChI=1S/C31H26N2O7/c1-17(2)26(33-28(35)22-11-7-8-12-23(22)29(33)36)31(38)39-21-14-13-20-15-24(30(37)40-25(20)16-21)27(34)32-18(3)19-9-5-4-6-10-19/h4-18,26H,1-3H3,(H,32,34). The summed E-state index contributed by atoms with van der Waals surface area (Å²) in [5.41, 5.74) is 0.441. The number of rotatable bonds is 7. The maximum atomic E-state index is 13.2. The first kappa shape index (κ1) is 26.6. The van der Waals surface area contributed by atoms with Gasteiger partial charge in [0.15, 0.2) is 0 Å². The molecule has 2 unspecified atom stereocenters. The van der Waals surface area contributed by atoms with Crippen molar-refractivity contribution >= 4 is 34.7 Å². The number of carbonyl (C=O) groups is 4. The van der Waals surface area contributed by atoms with Crippen molar-refractivity contribution in [1.82, 2.24) is 10.2 Å². The fourth-order valence-corrected chi connectivity index (χ4v) is 4.73. The molecule has 202 valence electrons. The van der Waals surface area contributed by atoms with E-state index in [1.165, 1.54) is 18.2 Å². The van der Waals surface area contributed by atoms with E-state index in [1.54, 1.807) is 44.2 Å². The van der Waals surface area contributed by atoms with Crippen molar-refractivity contribution in [2.45, 2.75) is 32.9 Å². The van der Waals surface area contributed by atoms with Gasteiger partial charge < -0.3 is 14.5 Å². The van der Waals surface area contributed by atoms with E-state index >= 15 is 0 Å². The summed E-state index contributed by atoms with van der Waals surface area (Å²) in [6.07, 6.45) is 0. The summed E-state index contributed by atoms with van der Waals surface area (Å²) in [7, 11) is 0. The highest BCUT2D eigenvalue weighted by Gasteiger charge is 2.44. The Morgan fingerprint density at radius 1 is 0.825 bits per heavy atom. The minimum atomic E-state index is -1.17. The fraction of sp³-hybridized carbons (Fsp3) is 0.194. The van der Waals surface area contributed by atoms with Gasteiger partial charge in [0, 0.05) is 11.5 Å². The molecule has 1 N–H and O–H groups in total. The third-order valence-corrected chi connectivity index (χ3v) is 6.79. The first-order valence-corrected chi connectivity index (χ1v) is 12.8. The summed E-state index contributed by atoms with van der Waals surface area (Å²) < 4.78 is 10.9. The molecule has 4 aromatic rings. The number of benzene rings is 3. The first-order chi connectivity index (χ1) is 19.2. The Kier molecular flexibility index (Phi) is 7.04. The topological polar surface area (TPSA) is 123 Å². The van der Waals surface area contributed by atoms with Crippen LogP contribution in [0.15, 0.2) is 88.1 Å². The van der Waals surface area contributed by atoms with Crippen LogP contribution in [-0.4, -0.2) is 34.6 Å². The molecular formula is C31H26N2O7. The average molecular weight is 539 g/mol. The number of carbonyl (C=O) groups excluding carboxylic acids is 4. The molecule has 1 aliphatic heterocycles. The molecule has 3 amide bonds. The average Bonchev–Trinajstić information content (AvgIpc) is 3.18. The van der Waals surface area contributed by atoms with Crippen LogP contribution < -0.4 is 15.7 Å². The minimum Gasteiger partial charge on any atom is -0.425 e. The van der Waals surface area contributed by atoms with Crippen LogP contribution in [0.1, 0.15) is 63.5 Å². The van der Waals surface area contributed by atoms with E-state index in [-0.39, 0.29) is 34.1 Å². The molecule has 9 nitrogen and oxygen atoms in total. The third kappa shape index (κ3) is 4.89. The zero-order valence-corrected chi connectivity index (χ0v) is 22.0. The van der Waals surface area contributed by atoms with Gasteiger partial charge in [0.2, 0.25) is 0 Å². The SMILES string of the molecule is CC(NC(=O)c1cc2ccc(OC(=O)C(C(C)C)N3C(=O)c4ccccc4C3=O)cc2oc1=O)c1ccccc1. The lowest BCUT2D eigenvalue weighted by atomic mass is 10.0. The van der Waals surface area contributed by atoms with Crippen molar-refractivity contribution in [2.75, 3.05) is 0 Å². The molecule has 0 spiro atoms. The van der Waals surface area contributed by atoms with E-state index in [9.17, 15) is 24.0 Å². The second-order valence-electron chi connectivity index (χ2n) is 9.89. The Balaban J connectivity index is 1.36. The Labute approximate surface area is 229 Å². The predicted molar refractivity (Wildman–Crippen MR) is 146 cm³/mol. The largest absolute Gasteiger partial charge is 0.425 e. The van der Waals surface area contributed by atoms with Gasteiger partial charge in [0.25, 0.3) is 17.7 Å². The number of nitrogens with zero attached hydrogens (tertiary/aromatic N) is 1. The highest BCUT2D eigenvalue weighted by molar-refractivity contribution is 6.22. The Bertz CT molecular complexity index is 1670. The minimum absolute atomic E-state index is 0.0535. The van der Waals surface area contributed by atoms with Crippen molar-refractivity contribution in [3.8, 4) is 5.75 Å². The van der Waals surface area contributed by atoms with Crippen LogP contribution in [0.2, 0.25) is 0 Å². The third-order valence-electron chi connectivity index (χ3n) is 6.79. The summed E-state index contributed by atoms with van der Waals surface area (Å²) in [5, 5.41) is 3.23. The number of imide groups is 1. The molecule has 0 bridgehead atoms. The van der Waals surface area contributed by atoms with Crippen molar-refractivity contribution in [1.29, 1.82) is 0 Å². The number of hydrogen-bond donors (Lipinski definition) is 1. The number of esters is 1. The summed E-state index contributed by atoms with van der Waals surface area (Å²) in [5.74, 6) is -2.90. The van der Waals surface area contributed by atoms with E-state index in [4.69, 9.17) is 9.15 Å². The Morgan fingerprint density at radius 3 is 2.08 bits per heavy atom. The highest BCUT2D eigenvalue weighted by atomic mass is 16.5. The highest BCUT2D eigenvalue weighted by Crippen LogP contribution is 2.29. The second kappa shape index (κ2) is 10.6. The van der Waals surface area contributed by atoms with Crippen LogP contribution in [-0.2, 0) is 4.79 Å². The van der Waals surface area contributed by atoms with Gasteiger partial charge in [-0.2, -0.15) is 0 Å². The van der Waals surface area contributed by atoms with Crippen molar-refractivity contribution in [3.05, 3.63) is 112 Å². The first-order valence-electron chi connectivity index (χ1n) is 12.8. The van der Waals surface area contributed by atoms with E-state index in [1.807, 2.05) is 37.3 Å². The van der Waals surface area contributed by atoms with Crippen LogP contribution in [0, 0.1) is 5.92 Å². The molecule has 1 aromatic heterocycles. The zero-order chi connectivity index (χ0) is 28.6. The molecule has 9 heteroatoms. The molecule has 2 heterocycles. The lowest BCUT2D eigenvalue weighted by Crippen LogP contribution is -2.49. The van der Waals surface area contributed by atoms with Gasteiger partial charge in [0.05, 0.1) is 17.2 Å². The maximum absolute atomic E-state index is 13.2. The van der Waals surface area contributed by atoms with Crippen LogP contribution in [0.25, 0.3) is 11.0 Å². The van der Waals surface area contributed by atoms with Gasteiger partial charge in [0.1, 0.15) is 22.9 Å². The Morgan fingerprint density at radius 2 is 1.45 bits per heavy atom. The maximum Gasteiger partial charge on any atom is 0.349 e. The van der Waals surface area contributed by atoms with Gasteiger partial charge >= 0.3 is 11.6 Å². The normalized spacial score (nSPS) is 14.2. The van der Waals surface area contributed by atoms with E-state index < -0.39 is 41.3 Å². The summed E-state index contributed by atoms with van der Waals surface area (Å²) in [6, 6.07) is 20.0. The van der Waals surface area contributed by atoms with Crippen LogP contribution in [0.3, 0.4) is 0 Å². The molecule has 5 rings (SSSR count). The number of ether oxygens (including phenoxy) is 1. The van der Waals surface area contributed by atoms with Gasteiger partial charge in [-0.1, -0.05) is 56.3 Å². The van der Waals surface area contributed by atoms with Gasteiger partial charge in [-0.05, 0) is 48.7 Å². The molecule has 2 atom stereocenters. The zero-order valence-electron chi connectivity index (χ0n) is 22.0. The molecule has 40 heavy (non-hydrogen) atoms. The van der Waals surface area contributed by atoms with Gasteiger partial charge in [-0.15, -0.1) is 0 Å². The molecule has 0 aliphatic carbocycles. The smallest absolute Gasteiger partial charge is 0.349 e. The molecule has 0 radical (unpaired) electrons. The van der Waals surface area contributed by atoms with Crippen LogP contribution >= 0.6 is 0 Å². The monoisotopic (exact) mass is 538 g/mol. The van der Waals surface area contributed by atoms with Crippen LogP contribution in [0.5, 0.6) is 5.75 Å². The molecule has 0 saturated carbocycles. The lowest BCUT2D eigenvalue weighted by Gasteiger charge is -2.27. The number of nitrogens with one attached hydrogen (secondary N) is 1. The second-order valence-corrected chi connectivity index (χ2v) is 9.89. The van der Waals surface area contributed by atoms with Gasteiger partial charge in [-0.25, -0.2) is 9.59 Å². The quantitative estimate of drug-likeness (QED) is 0.159. The van der Waals surface area contributed by atoms with Crippen molar-refractivity contribution in [3.63, 3.8) is 0 Å². The fourth-order valence-electron chi connectivity index (χ4n) is 4.73. The van der Waals surface area contributed by atoms with E-state index in [0.29, 0.717) is 5.39 Å². The molecule has 0 fully saturated rings. The molecule has 3 aromatic carbocycles. The summed E-state index contributed by atoms with van der Waals surface area (Å²) >= 11 is 0. The Hall–Kier alpha value is -5.05. The van der Waals surface area contributed by atoms with Crippen molar-refractivity contribution < 1.29 is 28.3 Å². The molecule has 1 aliphatic rings. The van der Waals surface area contributed by atoms with Crippen LogP contribution in [0.4, 0.5) is 0 Å². The van der Waals surface area contributed by atoms with Crippen molar-refractivity contribution in [2.24, 2.45) is 5.92 Å². The predicted octanol–water partition coefficient (Wildman–Crippen LogP) is 4.51. The molecule has 0 saturated heterocycles. The van der Waals surface area contributed by atoms with Gasteiger partial charge in [-0.3, -0.25) is 19.3 Å². The molecular weight excluding hydrogens is 512 g/mol. The number of fused-ring (bicyclic) bond motifs is 2. The summed E-state index contributed by atoms with van der Waals surface area (Å²) in [4.78, 5) is 65.6. The number of amides is 3. The van der Waals surface area contributed by atoms with E-state index in [0.717, 1.165) is 10.5 Å². The number of hydrogen-bond acceptors (Lipinski definition) is 7. The summed E-state index contributed by atoms with van der Waals surface area (Å²) in [6.45, 7) is 5.23. The van der Waals surface area contributed by atoms with E-state index in [2.05, 4.69) is 5.32 Å².